The maximum Gasteiger partial charge on any atom is 0.136 e. The van der Waals surface area contributed by atoms with Crippen molar-refractivity contribution in [1.82, 2.24) is 5.06 Å². The number of hydrogen-bond donors (Lipinski definition) is 0. The van der Waals surface area contributed by atoms with Gasteiger partial charge in [0.1, 0.15) is 5.78 Å². The summed E-state index contributed by atoms with van der Waals surface area (Å²) in [7, 11) is 1.65. The van der Waals surface area contributed by atoms with E-state index in [4.69, 9.17) is 4.84 Å². The lowest BCUT2D eigenvalue weighted by molar-refractivity contribution is -0.205. The summed E-state index contributed by atoms with van der Waals surface area (Å²) < 4.78 is 0. The van der Waals surface area contributed by atoms with Crippen LogP contribution in [0.1, 0.15) is 26.7 Å². The highest BCUT2D eigenvalue weighted by molar-refractivity contribution is 5.80. The Balaban J connectivity index is 2.63. The quantitative estimate of drug-likeness (QED) is 0.568. The van der Waals surface area contributed by atoms with Gasteiger partial charge in [0.05, 0.1) is 7.11 Å². The van der Waals surface area contributed by atoms with Crippen molar-refractivity contribution in [2.24, 2.45) is 0 Å². The van der Waals surface area contributed by atoms with Gasteiger partial charge in [-0.2, -0.15) is 5.06 Å². The first-order chi connectivity index (χ1) is 5.06. The third-order valence-electron chi connectivity index (χ3n) is 2.12. The summed E-state index contributed by atoms with van der Waals surface area (Å²) in [5.41, 5.74) is -0.121. The first-order valence-corrected chi connectivity index (χ1v) is 3.90. The number of nitrogens with zero attached hydrogens (tertiary/aromatic N) is 1. The monoisotopic (exact) mass is 157 g/mol. The van der Waals surface area contributed by atoms with Gasteiger partial charge in [-0.25, -0.2) is 0 Å². The SMILES string of the molecule is CON1CCC(=O)CC1(C)C. The van der Waals surface area contributed by atoms with E-state index in [0.29, 0.717) is 18.6 Å². The molecule has 0 N–H and O–H groups in total. The molecule has 1 aliphatic rings. The molecule has 0 aromatic rings. The van der Waals surface area contributed by atoms with Gasteiger partial charge in [0.15, 0.2) is 0 Å². The lowest BCUT2D eigenvalue weighted by Crippen LogP contribution is -2.49. The summed E-state index contributed by atoms with van der Waals surface area (Å²) in [6.07, 6.45) is 1.22. The third kappa shape index (κ3) is 1.79. The Morgan fingerprint density at radius 2 is 2.18 bits per heavy atom. The molecule has 0 radical (unpaired) electrons. The Hall–Kier alpha value is -0.410. The van der Waals surface area contributed by atoms with Gasteiger partial charge in [-0.1, -0.05) is 0 Å². The number of ketones is 1. The molecule has 1 rings (SSSR count). The van der Waals surface area contributed by atoms with Crippen LogP contribution in [0.2, 0.25) is 0 Å². The Bertz CT molecular complexity index is 165. The van der Waals surface area contributed by atoms with Crippen LogP contribution in [0.3, 0.4) is 0 Å². The second-order valence-corrected chi connectivity index (χ2v) is 3.56. The fourth-order valence-corrected chi connectivity index (χ4v) is 1.53. The van der Waals surface area contributed by atoms with Gasteiger partial charge in [0, 0.05) is 24.9 Å². The van der Waals surface area contributed by atoms with Crippen LogP contribution in [0.5, 0.6) is 0 Å². The Kier molecular flexibility index (Phi) is 2.30. The number of hydrogen-bond acceptors (Lipinski definition) is 3. The predicted octanol–water partition coefficient (Wildman–Crippen LogP) is 0.991. The van der Waals surface area contributed by atoms with Gasteiger partial charge in [0.2, 0.25) is 0 Å². The number of piperidine rings is 1. The van der Waals surface area contributed by atoms with Crippen LogP contribution >= 0.6 is 0 Å². The normalized spacial score (nSPS) is 25.5. The van der Waals surface area contributed by atoms with E-state index in [0.717, 1.165) is 6.54 Å². The highest BCUT2D eigenvalue weighted by atomic mass is 16.7. The average Bonchev–Trinajstić information content (AvgIpc) is 1.85. The standard InChI is InChI=1S/C8H15NO2/c1-8(2)6-7(10)4-5-9(8)11-3/h4-6H2,1-3H3. The molecule has 0 aromatic carbocycles. The minimum absolute atomic E-state index is 0.121. The van der Waals surface area contributed by atoms with Gasteiger partial charge in [-0.05, 0) is 13.8 Å². The molecular formula is C8H15NO2. The van der Waals surface area contributed by atoms with Gasteiger partial charge >= 0.3 is 0 Å². The first-order valence-electron chi connectivity index (χ1n) is 3.90. The second-order valence-electron chi connectivity index (χ2n) is 3.56. The number of rotatable bonds is 1. The molecule has 0 aromatic heterocycles. The molecule has 3 nitrogen and oxygen atoms in total. The predicted molar refractivity (Wildman–Crippen MR) is 42.0 cm³/mol. The summed E-state index contributed by atoms with van der Waals surface area (Å²) in [5.74, 6) is 0.336. The number of Topliss-reactive ketones (excluding diaryl/α,β-unsaturated/α-hetero) is 1. The topological polar surface area (TPSA) is 29.5 Å². The van der Waals surface area contributed by atoms with E-state index in [9.17, 15) is 4.79 Å². The summed E-state index contributed by atoms with van der Waals surface area (Å²) >= 11 is 0. The fraction of sp³-hybridized carbons (Fsp3) is 0.875. The molecular weight excluding hydrogens is 142 g/mol. The number of hydroxylamine groups is 2. The molecule has 3 heteroatoms. The Morgan fingerprint density at radius 1 is 1.55 bits per heavy atom. The minimum Gasteiger partial charge on any atom is -0.302 e. The maximum atomic E-state index is 11.1. The van der Waals surface area contributed by atoms with E-state index in [2.05, 4.69) is 0 Å². The third-order valence-corrected chi connectivity index (χ3v) is 2.12. The first kappa shape index (κ1) is 8.68. The minimum atomic E-state index is -0.121. The van der Waals surface area contributed by atoms with E-state index in [1.54, 1.807) is 7.11 Å². The molecule has 0 saturated carbocycles. The van der Waals surface area contributed by atoms with Crippen LogP contribution in [0.4, 0.5) is 0 Å². The van der Waals surface area contributed by atoms with Crippen LogP contribution in [-0.4, -0.2) is 30.0 Å². The molecule has 0 aliphatic carbocycles. The summed E-state index contributed by atoms with van der Waals surface area (Å²) in [6.45, 7) is 4.77. The molecule has 1 fully saturated rings. The van der Waals surface area contributed by atoms with E-state index < -0.39 is 0 Å². The average molecular weight is 157 g/mol. The summed E-state index contributed by atoms with van der Waals surface area (Å²) in [6, 6.07) is 0. The Labute approximate surface area is 67.3 Å². The lowest BCUT2D eigenvalue weighted by Gasteiger charge is -2.39. The van der Waals surface area contributed by atoms with Gasteiger partial charge in [-0.15, -0.1) is 0 Å². The van der Waals surface area contributed by atoms with Crippen molar-refractivity contribution in [2.45, 2.75) is 32.2 Å². The van der Waals surface area contributed by atoms with Crippen LogP contribution < -0.4 is 0 Å². The molecule has 0 atom stereocenters. The molecule has 0 spiro atoms. The highest BCUT2D eigenvalue weighted by Gasteiger charge is 2.33. The van der Waals surface area contributed by atoms with Crippen LogP contribution in [0.15, 0.2) is 0 Å². The zero-order chi connectivity index (χ0) is 8.48. The van der Waals surface area contributed by atoms with Crippen molar-refractivity contribution in [2.75, 3.05) is 13.7 Å². The van der Waals surface area contributed by atoms with Crippen molar-refractivity contribution < 1.29 is 9.63 Å². The molecule has 0 bridgehead atoms. The van der Waals surface area contributed by atoms with Gasteiger partial charge in [0.25, 0.3) is 0 Å². The number of carbonyl (C=O) groups is 1. The second kappa shape index (κ2) is 2.91. The summed E-state index contributed by atoms with van der Waals surface area (Å²) in [4.78, 5) is 16.2. The van der Waals surface area contributed by atoms with E-state index >= 15 is 0 Å². The molecule has 64 valence electrons. The lowest BCUT2D eigenvalue weighted by atomic mass is 9.92. The summed E-state index contributed by atoms with van der Waals surface area (Å²) in [5, 5.41) is 1.87. The van der Waals surface area contributed by atoms with Crippen molar-refractivity contribution in [3.63, 3.8) is 0 Å². The van der Waals surface area contributed by atoms with E-state index in [1.807, 2.05) is 18.9 Å². The smallest absolute Gasteiger partial charge is 0.136 e. The van der Waals surface area contributed by atoms with Crippen molar-refractivity contribution in [3.05, 3.63) is 0 Å². The van der Waals surface area contributed by atoms with E-state index in [-0.39, 0.29) is 5.54 Å². The van der Waals surface area contributed by atoms with Crippen LogP contribution in [-0.2, 0) is 9.63 Å². The Morgan fingerprint density at radius 3 is 2.64 bits per heavy atom. The fourth-order valence-electron chi connectivity index (χ4n) is 1.53. The van der Waals surface area contributed by atoms with Crippen LogP contribution in [0, 0.1) is 0 Å². The molecule has 11 heavy (non-hydrogen) atoms. The van der Waals surface area contributed by atoms with Crippen molar-refractivity contribution >= 4 is 5.78 Å². The molecule has 1 aliphatic heterocycles. The van der Waals surface area contributed by atoms with Crippen molar-refractivity contribution in [3.8, 4) is 0 Å². The van der Waals surface area contributed by atoms with Crippen molar-refractivity contribution in [1.29, 1.82) is 0 Å². The van der Waals surface area contributed by atoms with Gasteiger partial charge < -0.3 is 4.84 Å². The molecule has 0 unspecified atom stereocenters. The molecule has 1 heterocycles. The number of carbonyl (C=O) groups excluding carboxylic acids is 1. The highest BCUT2D eigenvalue weighted by Crippen LogP contribution is 2.24. The zero-order valence-corrected chi connectivity index (χ0v) is 7.39. The zero-order valence-electron chi connectivity index (χ0n) is 7.39. The van der Waals surface area contributed by atoms with Crippen LogP contribution in [0.25, 0.3) is 0 Å². The molecule has 1 saturated heterocycles. The van der Waals surface area contributed by atoms with Gasteiger partial charge in [-0.3, -0.25) is 4.79 Å². The largest absolute Gasteiger partial charge is 0.302 e. The maximum absolute atomic E-state index is 11.1. The molecule has 0 amide bonds. The van der Waals surface area contributed by atoms with E-state index in [1.165, 1.54) is 0 Å².